The number of hydrogen-bond acceptors (Lipinski definition) is 4. The third-order valence-electron chi connectivity index (χ3n) is 2.89. The molecule has 0 aliphatic heterocycles. The Balaban J connectivity index is 1.86. The number of nitrogens with two attached hydrogens (primary N) is 1. The molecule has 0 fully saturated rings. The van der Waals surface area contributed by atoms with Gasteiger partial charge in [0.05, 0.1) is 7.11 Å². The monoisotopic (exact) mass is 351 g/mol. The molecule has 0 unspecified atom stereocenters. The SMILES string of the molecule is COc1ccc(OCCOc2cccc(Br)c2)c(CN)c1. The summed E-state index contributed by atoms with van der Waals surface area (Å²) < 4.78 is 17.5. The smallest absolute Gasteiger partial charge is 0.124 e. The molecule has 0 aliphatic rings. The Morgan fingerprint density at radius 1 is 1.00 bits per heavy atom. The maximum absolute atomic E-state index is 5.71. The summed E-state index contributed by atoms with van der Waals surface area (Å²) in [6, 6.07) is 13.3. The van der Waals surface area contributed by atoms with Gasteiger partial charge in [-0.15, -0.1) is 0 Å². The molecular formula is C16H18BrNO3. The second-order valence-corrected chi connectivity index (χ2v) is 5.25. The van der Waals surface area contributed by atoms with Gasteiger partial charge in [-0.25, -0.2) is 0 Å². The first kappa shape index (κ1) is 15.7. The molecule has 0 atom stereocenters. The van der Waals surface area contributed by atoms with Crippen molar-refractivity contribution in [2.24, 2.45) is 5.73 Å². The van der Waals surface area contributed by atoms with E-state index >= 15 is 0 Å². The third kappa shape index (κ3) is 4.65. The first-order valence-corrected chi connectivity index (χ1v) is 7.40. The van der Waals surface area contributed by atoms with Crippen LogP contribution in [-0.4, -0.2) is 20.3 Å². The molecule has 0 heterocycles. The van der Waals surface area contributed by atoms with Gasteiger partial charge in [-0.1, -0.05) is 22.0 Å². The van der Waals surface area contributed by atoms with Gasteiger partial charge < -0.3 is 19.9 Å². The third-order valence-corrected chi connectivity index (χ3v) is 3.39. The molecule has 0 bridgehead atoms. The lowest BCUT2D eigenvalue weighted by atomic mass is 10.2. The molecule has 5 heteroatoms. The Morgan fingerprint density at radius 2 is 1.81 bits per heavy atom. The largest absolute Gasteiger partial charge is 0.497 e. The number of hydrogen-bond donors (Lipinski definition) is 1. The van der Waals surface area contributed by atoms with Crippen LogP contribution in [0.1, 0.15) is 5.56 Å². The zero-order chi connectivity index (χ0) is 15.1. The molecule has 0 saturated heterocycles. The van der Waals surface area contributed by atoms with E-state index in [9.17, 15) is 0 Å². The summed E-state index contributed by atoms with van der Waals surface area (Å²) in [5.41, 5.74) is 6.63. The average Bonchev–Trinajstić information content (AvgIpc) is 2.51. The molecular weight excluding hydrogens is 334 g/mol. The molecule has 2 rings (SSSR count). The Morgan fingerprint density at radius 3 is 2.52 bits per heavy atom. The van der Waals surface area contributed by atoms with E-state index in [1.807, 2.05) is 42.5 Å². The van der Waals surface area contributed by atoms with E-state index in [0.29, 0.717) is 19.8 Å². The van der Waals surface area contributed by atoms with Gasteiger partial charge in [0.15, 0.2) is 0 Å². The van der Waals surface area contributed by atoms with Crippen LogP contribution in [0.15, 0.2) is 46.9 Å². The van der Waals surface area contributed by atoms with Gasteiger partial charge in [-0.3, -0.25) is 0 Å². The minimum absolute atomic E-state index is 0.402. The van der Waals surface area contributed by atoms with Crippen LogP contribution in [0.2, 0.25) is 0 Å². The molecule has 0 saturated carbocycles. The van der Waals surface area contributed by atoms with Crippen molar-refractivity contribution in [2.75, 3.05) is 20.3 Å². The van der Waals surface area contributed by atoms with Gasteiger partial charge in [-0.2, -0.15) is 0 Å². The fourth-order valence-corrected chi connectivity index (χ4v) is 2.23. The number of methoxy groups -OCH3 is 1. The standard InChI is InChI=1S/C16H18BrNO3/c1-19-14-5-6-16(12(9-14)11-18)21-8-7-20-15-4-2-3-13(17)10-15/h2-6,9-10H,7-8,11,18H2,1H3. The van der Waals surface area contributed by atoms with Crippen molar-refractivity contribution >= 4 is 15.9 Å². The molecule has 0 aromatic heterocycles. The van der Waals surface area contributed by atoms with Crippen molar-refractivity contribution < 1.29 is 14.2 Å². The van der Waals surface area contributed by atoms with Gasteiger partial charge >= 0.3 is 0 Å². The molecule has 21 heavy (non-hydrogen) atoms. The number of ether oxygens (including phenoxy) is 3. The van der Waals surface area contributed by atoms with Crippen LogP contribution in [0.4, 0.5) is 0 Å². The highest BCUT2D eigenvalue weighted by atomic mass is 79.9. The van der Waals surface area contributed by atoms with Crippen LogP contribution >= 0.6 is 15.9 Å². The Labute approximate surface area is 132 Å². The van der Waals surface area contributed by atoms with Crippen LogP contribution < -0.4 is 19.9 Å². The minimum atomic E-state index is 0.402. The average molecular weight is 352 g/mol. The summed E-state index contributed by atoms with van der Waals surface area (Å²) in [5, 5.41) is 0. The highest BCUT2D eigenvalue weighted by Gasteiger charge is 2.04. The molecule has 2 aromatic carbocycles. The lowest BCUT2D eigenvalue weighted by Crippen LogP contribution is -2.11. The quantitative estimate of drug-likeness (QED) is 0.777. The fourth-order valence-electron chi connectivity index (χ4n) is 1.85. The van der Waals surface area contributed by atoms with E-state index in [4.69, 9.17) is 19.9 Å². The van der Waals surface area contributed by atoms with E-state index in [1.165, 1.54) is 0 Å². The molecule has 4 nitrogen and oxygen atoms in total. The van der Waals surface area contributed by atoms with E-state index in [1.54, 1.807) is 7.11 Å². The van der Waals surface area contributed by atoms with Crippen molar-refractivity contribution in [1.29, 1.82) is 0 Å². The van der Waals surface area contributed by atoms with Crippen LogP contribution in [0.3, 0.4) is 0 Å². The second kappa shape index (κ2) is 7.90. The maximum Gasteiger partial charge on any atom is 0.124 e. The minimum Gasteiger partial charge on any atom is -0.497 e. The Bertz CT molecular complexity index is 589. The summed E-state index contributed by atoms with van der Waals surface area (Å²) >= 11 is 3.40. The summed E-state index contributed by atoms with van der Waals surface area (Å²) in [4.78, 5) is 0. The highest BCUT2D eigenvalue weighted by Crippen LogP contribution is 2.24. The van der Waals surface area contributed by atoms with Gasteiger partial charge in [0.2, 0.25) is 0 Å². The molecule has 2 N–H and O–H groups in total. The predicted molar refractivity (Wildman–Crippen MR) is 86.0 cm³/mol. The van der Waals surface area contributed by atoms with Gasteiger partial charge in [-0.05, 0) is 36.4 Å². The van der Waals surface area contributed by atoms with Crippen LogP contribution in [-0.2, 0) is 6.54 Å². The molecule has 112 valence electrons. The molecule has 0 radical (unpaired) electrons. The lowest BCUT2D eigenvalue weighted by molar-refractivity contribution is 0.215. The van der Waals surface area contributed by atoms with Crippen molar-refractivity contribution in [1.82, 2.24) is 0 Å². The Hall–Kier alpha value is -1.72. The molecule has 2 aromatic rings. The number of benzene rings is 2. The first-order chi connectivity index (χ1) is 10.2. The van der Waals surface area contributed by atoms with E-state index in [2.05, 4.69) is 15.9 Å². The highest BCUT2D eigenvalue weighted by molar-refractivity contribution is 9.10. The van der Waals surface area contributed by atoms with Gasteiger partial charge in [0.1, 0.15) is 30.5 Å². The zero-order valence-corrected chi connectivity index (χ0v) is 13.4. The van der Waals surface area contributed by atoms with Crippen molar-refractivity contribution in [3.8, 4) is 17.2 Å². The topological polar surface area (TPSA) is 53.7 Å². The summed E-state index contributed by atoms with van der Waals surface area (Å²) in [7, 11) is 1.63. The maximum atomic E-state index is 5.71. The van der Waals surface area contributed by atoms with Crippen molar-refractivity contribution in [2.45, 2.75) is 6.54 Å². The summed E-state index contributed by atoms with van der Waals surface area (Å²) in [5.74, 6) is 2.34. The van der Waals surface area contributed by atoms with E-state index in [0.717, 1.165) is 27.3 Å². The van der Waals surface area contributed by atoms with Crippen molar-refractivity contribution in [3.05, 3.63) is 52.5 Å². The lowest BCUT2D eigenvalue weighted by Gasteiger charge is -2.12. The van der Waals surface area contributed by atoms with Crippen molar-refractivity contribution in [3.63, 3.8) is 0 Å². The molecule has 0 spiro atoms. The molecule has 0 aliphatic carbocycles. The Kier molecular flexibility index (Phi) is 5.90. The number of halogens is 1. The summed E-state index contributed by atoms with van der Waals surface area (Å²) in [6.45, 7) is 1.32. The molecule has 0 amide bonds. The van der Waals surface area contributed by atoms with E-state index < -0.39 is 0 Å². The van der Waals surface area contributed by atoms with E-state index in [-0.39, 0.29) is 0 Å². The van der Waals surface area contributed by atoms with Crippen LogP contribution in [0, 0.1) is 0 Å². The zero-order valence-electron chi connectivity index (χ0n) is 11.8. The second-order valence-electron chi connectivity index (χ2n) is 4.33. The number of rotatable bonds is 7. The van der Waals surface area contributed by atoms with Crippen LogP contribution in [0.25, 0.3) is 0 Å². The van der Waals surface area contributed by atoms with Crippen LogP contribution in [0.5, 0.6) is 17.2 Å². The first-order valence-electron chi connectivity index (χ1n) is 6.61. The van der Waals surface area contributed by atoms with Gasteiger partial charge in [0, 0.05) is 16.6 Å². The van der Waals surface area contributed by atoms with Gasteiger partial charge in [0.25, 0.3) is 0 Å². The predicted octanol–water partition coefficient (Wildman–Crippen LogP) is 3.37. The fraction of sp³-hybridized carbons (Fsp3) is 0.250. The summed E-state index contributed by atoms with van der Waals surface area (Å²) in [6.07, 6.45) is 0. The normalized spacial score (nSPS) is 10.2.